The summed E-state index contributed by atoms with van der Waals surface area (Å²) in [5.41, 5.74) is 0. The van der Waals surface area contributed by atoms with Crippen molar-refractivity contribution >= 4 is 11.9 Å². The number of nitrogens with zero attached hydrogens (tertiary/aromatic N) is 2. The minimum absolute atomic E-state index is 0.0172. The number of hydrogen-bond donors (Lipinski definition) is 2. The molecule has 0 aromatic heterocycles. The molecule has 2 atom stereocenters. The number of carbonyl (C=O) groups is 2. The van der Waals surface area contributed by atoms with Gasteiger partial charge in [-0.05, 0) is 58.0 Å². The van der Waals surface area contributed by atoms with Gasteiger partial charge in [-0.25, -0.2) is 4.79 Å². The van der Waals surface area contributed by atoms with Crippen molar-refractivity contribution in [3.63, 3.8) is 0 Å². The van der Waals surface area contributed by atoms with Crippen molar-refractivity contribution in [2.45, 2.75) is 57.4 Å². The fourth-order valence-corrected chi connectivity index (χ4v) is 4.68. The minimum Gasteiger partial charge on any atom is -0.342 e. The molecule has 6 nitrogen and oxygen atoms in total. The number of amides is 3. The number of likely N-dealkylation sites (tertiary alicyclic amines) is 2. The van der Waals surface area contributed by atoms with Crippen LogP contribution >= 0.6 is 0 Å². The summed E-state index contributed by atoms with van der Waals surface area (Å²) in [5.74, 6) is 0.809. The third-order valence-electron chi connectivity index (χ3n) is 6.06. The van der Waals surface area contributed by atoms with E-state index in [4.69, 9.17) is 0 Å². The average Bonchev–Trinajstić information content (AvgIpc) is 3.15. The monoisotopic (exact) mass is 350 g/mol. The van der Waals surface area contributed by atoms with Gasteiger partial charge in [-0.15, -0.1) is 0 Å². The van der Waals surface area contributed by atoms with Crippen LogP contribution in [0.15, 0.2) is 0 Å². The van der Waals surface area contributed by atoms with E-state index in [9.17, 15) is 9.59 Å². The minimum atomic E-state index is -0.0172. The zero-order valence-electron chi connectivity index (χ0n) is 15.6. The van der Waals surface area contributed by atoms with Crippen molar-refractivity contribution in [3.05, 3.63) is 0 Å². The summed E-state index contributed by atoms with van der Waals surface area (Å²) in [5, 5.41) is 6.40. The first-order chi connectivity index (χ1) is 12.2. The van der Waals surface area contributed by atoms with E-state index in [0.717, 1.165) is 58.3 Å². The topological polar surface area (TPSA) is 64.7 Å². The Bertz CT molecular complexity index is 462. The number of piperidine rings is 2. The molecule has 2 saturated heterocycles. The van der Waals surface area contributed by atoms with E-state index in [0.29, 0.717) is 18.5 Å². The van der Waals surface area contributed by atoms with Crippen LogP contribution in [0.25, 0.3) is 0 Å². The summed E-state index contributed by atoms with van der Waals surface area (Å²) in [6, 6.07) is 0.379. The third-order valence-corrected chi connectivity index (χ3v) is 6.06. The Hall–Kier alpha value is -1.30. The van der Waals surface area contributed by atoms with E-state index < -0.39 is 0 Å². The predicted octanol–water partition coefficient (Wildman–Crippen LogP) is 1.81. The quantitative estimate of drug-likeness (QED) is 0.813. The lowest BCUT2D eigenvalue weighted by molar-refractivity contribution is -0.138. The molecule has 0 aromatic rings. The van der Waals surface area contributed by atoms with Gasteiger partial charge >= 0.3 is 6.03 Å². The van der Waals surface area contributed by atoms with E-state index in [2.05, 4.69) is 15.5 Å². The number of carbonyl (C=O) groups excluding carboxylic acids is 2. The molecule has 2 N–H and O–H groups in total. The number of rotatable bonds is 4. The maximum Gasteiger partial charge on any atom is 0.317 e. The lowest BCUT2D eigenvalue weighted by Crippen LogP contribution is -2.52. The van der Waals surface area contributed by atoms with Gasteiger partial charge in [-0.1, -0.05) is 12.8 Å². The van der Waals surface area contributed by atoms with Crippen molar-refractivity contribution < 1.29 is 9.59 Å². The van der Waals surface area contributed by atoms with Crippen LogP contribution in [0.5, 0.6) is 0 Å². The molecular formula is C19H34N4O2. The maximum absolute atomic E-state index is 13.0. The molecule has 0 radical (unpaired) electrons. The van der Waals surface area contributed by atoms with Gasteiger partial charge < -0.3 is 20.4 Å². The molecule has 0 aromatic carbocycles. The van der Waals surface area contributed by atoms with Gasteiger partial charge in [0.15, 0.2) is 0 Å². The number of hydrogen-bond acceptors (Lipinski definition) is 3. The summed E-state index contributed by atoms with van der Waals surface area (Å²) < 4.78 is 0. The lowest BCUT2D eigenvalue weighted by atomic mass is 9.93. The SMILES string of the molecule is CNCC1CCCN(C(=O)C2CCCN(C(=O)NC3CCCC3)C2)C1. The summed E-state index contributed by atoms with van der Waals surface area (Å²) >= 11 is 0. The Morgan fingerprint density at radius 2 is 1.64 bits per heavy atom. The highest BCUT2D eigenvalue weighted by molar-refractivity contribution is 5.81. The zero-order valence-corrected chi connectivity index (χ0v) is 15.6. The largest absolute Gasteiger partial charge is 0.342 e. The molecule has 0 spiro atoms. The lowest BCUT2D eigenvalue weighted by Gasteiger charge is -2.38. The predicted molar refractivity (Wildman–Crippen MR) is 98.3 cm³/mol. The van der Waals surface area contributed by atoms with Crippen LogP contribution < -0.4 is 10.6 Å². The van der Waals surface area contributed by atoms with Gasteiger partial charge in [0.1, 0.15) is 0 Å². The second-order valence-electron chi connectivity index (χ2n) is 8.07. The van der Waals surface area contributed by atoms with Crippen LogP contribution in [0.4, 0.5) is 4.79 Å². The maximum atomic E-state index is 13.0. The normalized spacial score (nSPS) is 28.2. The first kappa shape index (κ1) is 18.5. The molecule has 2 heterocycles. The summed E-state index contributed by atoms with van der Waals surface area (Å²) in [7, 11) is 1.97. The van der Waals surface area contributed by atoms with Crippen molar-refractivity contribution in [2.75, 3.05) is 39.8 Å². The zero-order chi connectivity index (χ0) is 17.6. The highest BCUT2D eigenvalue weighted by Gasteiger charge is 2.33. The molecule has 1 aliphatic carbocycles. The molecule has 3 rings (SSSR count). The van der Waals surface area contributed by atoms with E-state index in [1.165, 1.54) is 19.3 Å². The molecule has 1 saturated carbocycles. The summed E-state index contributed by atoms with van der Waals surface area (Å²) in [4.78, 5) is 29.4. The summed E-state index contributed by atoms with van der Waals surface area (Å²) in [6.07, 6.45) is 8.78. The van der Waals surface area contributed by atoms with Gasteiger partial charge in [0.2, 0.25) is 5.91 Å². The molecule has 25 heavy (non-hydrogen) atoms. The average molecular weight is 351 g/mol. The fraction of sp³-hybridized carbons (Fsp3) is 0.895. The Balaban J connectivity index is 1.51. The molecular weight excluding hydrogens is 316 g/mol. The van der Waals surface area contributed by atoms with Crippen LogP contribution in [-0.4, -0.2) is 67.6 Å². The van der Waals surface area contributed by atoms with Gasteiger partial charge in [0, 0.05) is 32.2 Å². The smallest absolute Gasteiger partial charge is 0.317 e. The molecule has 3 amide bonds. The second kappa shape index (κ2) is 8.88. The van der Waals surface area contributed by atoms with Crippen LogP contribution in [-0.2, 0) is 4.79 Å². The third kappa shape index (κ3) is 4.87. The van der Waals surface area contributed by atoms with E-state index in [-0.39, 0.29) is 17.9 Å². The Labute approximate surface area is 151 Å². The first-order valence-corrected chi connectivity index (χ1v) is 10.2. The number of urea groups is 1. The Kier molecular flexibility index (Phi) is 6.57. The molecule has 3 aliphatic rings. The van der Waals surface area contributed by atoms with Crippen LogP contribution in [0, 0.1) is 11.8 Å². The molecule has 2 aliphatic heterocycles. The van der Waals surface area contributed by atoms with Crippen molar-refractivity contribution in [1.29, 1.82) is 0 Å². The van der Waals surface area contributed by atoms with E-state index in [1.807, 2.05) is 11.9 Å². The van der Waals surface area contributed by atoms with Crippen molar-refractivity contribution in [3.8, 4) is 0 Å². The van der Waals surface area contributed by atoms with E-state index >= 15 is 0 Å². The Morgan fingerprint density at radius 1 is 0.920 bits per heavy atom. The van der Waals surface area contributed by atoms with Crippen LogP contribution in [0.1, 0.15) is 51.4 Å². The summed E-state index contributed by atoms with van der Waals surface area (Å²) in [6.45, 7) is 4.09. The standard InChI is InChI=1S/C19H34N4O2/c1-20-12-15-6-4-10-22(13-15)18(24)16-7-5-11-23(14-16)19(25)21-17-8-2-3-9-17/h15-17,20H,2-14H2,1H3,(H,21,25). The molecule has 2 unspecified atom stereocenters. The Morgan fingerprint density at radius 3 is 2.40 bits per heavy atom. The van der Waals surface area contributed by atoms with Crippen molar-refractivity contribution in [2.24, 2.45) is 11.8 Å². The molecule has 0 bridgehead atoms. The highest BCUT2D eigenvalue weighted by atomic mass is 16.2. The highest BCUT2D eigenvalue weighted by Crippen LogP contribution is 2.24. The van der Waals surface area contributed by atoms with Gasteiger partial charge in [0.05, 0.1) is 5.92 Å². The molecule has 142 valence electrons. The van der Waals surface area contributed by atoms with Crippen molar-refractivity contribution in [1.82, 2.24) is 20.4 Å². The van der Waals surface area contributed by atoms with Gasteiger partial charge in [-0.3, -0.25) is 4.79 Å². The number of nitrogens with one attached hydrogen (secondary N) is 2. The molecule has 3 fully saturated rings. The van der Waals surface area contributed by atoms with Crippen LogP contribution in [0.3, 0.4) is 0 Å². The van der Waals surface area contributed by atoms with Crippen LogP contribution in [0.2, 0.25) is 0 Å². The first-order valence-electron chi connectivity index (χ1n) is 10.2. The van der Waals surface area contributed by atoms with E-state index in [1.54, 1.807) is 0 Å². The van der Waals surface area contributed by atoms with Gasteiger partial charge in [0.25, 0.3) is 0 Å². The van der Waals surface area contributed by atoms with Gasteiger partial charge in [-0.2, -0.15) is 0 Å². The fourth-order valence-electron chi connectivity index (χ4n) is 4.68. The second-order valence-corrected chi connectivity index (χ2v) is 8.07. The molecule has 6 heteroatoms.